The summed E-state index contributed by atoms with van der Waals surface area (Å²) in [4.78, 5) is 6.53. The molecule has 0 saturated carbocycles. The predicted molar refractivity (Wildman–Crippen MR) is 71.8 cm³/mol. The number of halogens is 1. The molecule has 0 aromatic carbocycles. The number of rotatable bonds is 4. The molecule has 0 aliphatic carbocycles. The molecular weight excluding hydrogens is 250 g/mol. The molecule has 0 spiro atoms. The third kappa shape index (κ3) is 3.33. The van der Waals surface area contributed by atoms with Gasteiger partial charge < -0.3 is 10.6 Å². The molecule has 1 saturated heterocycles. The molecule has 0 atom stereocenters. The molecule has 0 unspecified atom stereocenters. The molecule has 1 aliphatic rings. The van der Waals surface area contributed by atoms with Crippen molar-refractivity contribution in [3.63, 3.8) is 0 Å². The quantitative estimate of drug-likeness (QED) is 0.848. The van der Waals surface area contributed by atoms with E-state index in [2.05, 4.69) is 20.5 Å². The van der Waals surface area contributed by atoms with Gasteiger partial charge in [0.15, 0.2) is 0 Å². The Bertz CT molecular complexity index is 437. The predicted octanol–water partition coefficient (Wildman–Crippen LogP) is 0.924. The Labute approximate surface area is 112 Å². The average Bonchev–Trinajstić information content (AvgIpc) is 2.42. The van der Waals surface area contributed by atoms with Gasteiger partial charge in [-0.05, 0) is 6.07 Å². The lowest BCUT2D eigenvalue weighted by molar-refractivity contribution is 0.249. The number of anilines is 1. The van der Waals surface area contributed by atoms with Crippen LogP contribution in [0.5, 0.6) is 0 Å². The van der Waals surface area contributed by atoms with Gasteiger partial charge in [-0.2, -0.15) is 5.26 Å². The number of hydrogen-bond acceptors (Lipinski definition) is 5. The highest BCUT2D eigenvalue weighted by molar-refractivity contribution is 6.34. The van der Waals surface area contributed by atoms with Crippen LogP contribution in [0.15, 0.2) is 12.3 Å². The van der Waals surface area contributed by atoms with Gasteiger partial charge >= 0.3 is 0 Å². The standard InChI is InChI=1S/C12H16ClN5/c13-11-10(9-14)1-2-16-12(11)17-5-8-18-6-3-15-4-7-18/h1-2,15H,3-8H2,(H,16,17). The minimum atomic E-state index is 0.403. The number of aromatic nitrogens is 1. The van der Waals surface area contributed by atoms with Gasteiger partial charge in [-0.15, -0.1) is 0 Å². The fourth-order valence-electron chi connectivity index (χ4n) is 1.92. The summed E-state index contributed by atoms with van der Waals surface area (Å²) in [5.74, 6) is 0.589. The van der Waals surface area contributed by atoms with Crippen LogP contribution in [-0.4, -0.2) is 49.2 Å². The van der Waals surface area contributed by atoms with E-state index in [0.29, 0.717) is 16.4 Å². The van der Waals surface area contributed by atoms with Crippen molar-refractivity contribution in [3.05, 3.63) is 22.8 Å². The highest BCUT2D eigenvalue weighted by Gasteiger charge is 2.10. The smallest absolute Gasteiger partial charge is 0.146 e. The zero-order chi connectivity index (χ0) is 12.8. The fourth-order valence-corrected chi connectivity index (χ4v) is 2.14. The molecule has 1 aromatic heterocycles. The molecule has 2 N–H and O–H groups in total. The van der Waals surface area contributed by atoms with Gasteiger partial charge in [-0.3, -0.25) is 4.90 Å². The maximum absolute atomic E-state index is 8.87. The molecule has 0 amide bonds. The first-order valence-corrected chi connectivity index (χ1v) is 6.40. The topological polar surface area (TPSA) is 64.0 Å². The second kappa shape index (κ2) is 6.55. The molecule has 1 aromatic rings. The van der Waals surface area contributed by atoms with Crippen molar-refractivity contribution >= 4 is 17.4 Å². The van der Waals surface area contributed by atoms with Crippen LogP contribution in [0.1, 0.15) is 5.56 Å². The van der Waals surface area contributed by atoms with Gasteiger partial charge in [-0.1, -0.05) is 11.6 Å². The second-order valence-corrected chi connectivity index (χ2v) is 4.53. The number of nitrogens with one attached hydrogen (secondary N) is 2. The molecule has 0 bridgehead atoms. The van der Waals surface area contributed by atoms with E-state index in [1.807, 2.05) is 6.07 Å². The van der Waals surface area contributed by atoms with E-state index >= 15 is 0 Å². The first kappa shape index (κ1) is 13.1. The monoisotopic (exact) mass is 265 g/mol. The van der Waals surface area contributed by atoms with Gasteiger partial charge in [0.25, 0.3) is 0 Å². The van der Waals surface area contributed by atoms with Crippen molar-refractivity contribution in [2.24, 2.45) is 0 Å². The van der Waals surface area contributed by atoms with E-state index in [0.717, 1.165) is 39.3 Å². The Morgan fingerprint density at radius 2 is 2.28 bits per heavy atom. The highest BCUT2D eigenvalue weighted by Crippen LogP contribution is 2.22. The van der Waals surface area contributed by atoms with Gasteiger partial charge in [0.2, 0.25) is 0 Å². The second-order valence-electron chi connectivity index (χ2n) is 4.15. The van der Waals surface area contributed by atoms with Gasteiger partial charge in [-0.25, -0.2) is 4.98 Å². The fraction of sp³-hybridized carbons (Fsp3) is 0.500. The van der Waals surface area contributed by atoms with Crippen LogP contribution in [0.25, 0.3) is 0 Å². The van der Waals surface area contributed by atoms with Crippen molar-refractivity contribution in [2.75, 3.05) is 44.6 Å². The molecule has 5 nitrogen and oxygen atoms in total. The first-order valence-electron chi connectivity index (χ1n) is 6.03. The first-order chi connectivity index (χ1) is 8.81. The number of piperazine rings is 1. The van der Waals surface area contributed by atoms with Crippen molar-refractivity contribution in [1.29, 1.82) is 5.26 Å². The normalized spacial score (nSPS) is 16.2. The molecule has 0 radical (unpaired) electrons. The Morgan fingerprint density at radius 3 is 3.00 bits per heavy atom. The summed E-state index contributed by atoms with van der Waals surface area (Å²) in [5, 5.41) is 15.8. The Hall–Kier alpha value is -1.35. The molecule has 1 fully saturated rings. The summed E-state index contributed by atoms with van der Waals surface area (Å²) in [6.45, 7) is 5.96. The van der Waals surface area contributed by atoms with E-state index in [9.17, 15) is 0 Å². The summed E-state index contributed by atoms with van der Waals surface area (Å²) in [6.07, 6.45) is 1.59. The van der Waals surface area contributed by atoms with Crippen molar-refractivity contribution in [2.45, 2.75) is 0 Å². The van der Waals surface area contributed by atoms with E-state index in [4.69, 9.17) is 16.9 Å². The molecule has 96 valence electrons. The van der Waals surface area contributed by atoms with E-state index < -0.39 is 0 Å². The molecule has 1 aliphatic heterocycles. The van der Waals surface area contributed by atoms with Crippen molar-refractivity contribution in [3.8, 4) is 6.07 Å². The lowest BCUT2D eigenvalue weighted by atomic mass is 10.3. The summed E-state index contributed by atoms with van der Waals surface area (Å²) >= 11 is 6.06. The third-order valence-corrected chi connectivity index (χ3v) is 3.32. The molecule has 2 rings (SSSR count). The minimum Gasteiger partial charge on any atom is -0.368 e. The average molecular weight is 266 g/mol. The van der Waals surface area contributed by atoms with Gasteiger partial charge in [0, 0.05) is 45.5 Å². The SMILES string of the molecule is N#Cc1ccnc(NCCN2CCNCC2)c1Cl. The van der Waals surface area contributed by atoms with E-state index in [-0.39, 0.29) is 0 Å². The maximum atomic E-state index is 8.87. The van der Waals surface area contributed by atoms with Gasteiger partial charge in [0.1, 0.15) is 16.9 Å². The summed E-state index contributed by atoms with van der Waals surface area (Å²) in [6, 6.07) is 3.66. The maximum Gasteiger partial charge on any atom is 0.146 e. The van der Waals surface area contributed by atoms with Crippen LogP contribution in [0, 0.1) is 11.3 Å². The van der Waals surface area contributed by atoms with Crippen LogP contribution < -0.4 is 10.6 Å². The Balaban J connectivity index is 1.84. The van der Waals surface area contributed by atoms with Crippen LogP contribution in [-0.2, 0) is 0 Å². The lowest BCUT2D eigenvalue weighted by Gasteiger charge is -2.27. The summed E-state index contributed by atoms with van der Waals surface area (Å²) in [7, 11) is 0. The molecule has 6 heteroatoms. The van der Waals surface area contributed by atoms with E-state index in [1.165, 1.54) is 0 Å². The lowest BCUT2D eigenvalue weighted by Crippen LogP contribution is -2.45. The molecular formula is C12H16ClN5. The highest BCUT2D eigenvalue weighted by atomic mass is 35.5. The largest absolute Gasteiger partial charge is 0.368 e. The number of nitrogens with zero attached hydrogens (tertiary/aromatic N) is 3. The van der Waals surface area contributed by atoms with Crippen LogP contribution in [0.3, 0.4) is 0 Å². The summed E-state index contributed by atoms with van der Waals surface area (Å²) in [5.41, 5.74) is 0.455. The third-order valence-electron chi connectivity index (χ3n) is 2.94. The van der Waals surface area contributed by atoms with Crippen LogP contribution >= 0.6 is 11.6 Å². The number of nitriles is 1. The number of hydrogen-bond donors (Lipinski definition) is 2. The van der Waals surface area contributed by atoms with Crippen molar-refractivity contribution in [1.82, 2.24) is 15.2 Å². The van der Waals surface area contributed by atoms with E-state index in [1.54, 1.807) is 12.3 Å². The summed E-state index contributed by atoms with van der Waals surface area (Å²) < 4.78 is 0. The molecule has 2 heterocycles. The van der Waals surface area contributed by atoms with Gasteiger partial charge in [0.05, 0.1) is 5.56 Å². The molecule has 18 heavy (non-hydrogen) atoms. The van der Waals surface area contributed by atoms with Crippen LogP contribution in [0.2, 0.25) is 5.02 Å². The zero-order valence-electron chi connectivity index (χ0n) is 10.1. The van der Waals surface area contributed by atoms with Crippen molar-refractivity contribution < 1.29 is 0 Å². The Morgan fingerprint density at radius 1 is 1.50 bits per heavy atom. The van der Waals surface area contributed by atoms with Crippen LogP contribution in [0.4, 0.5) is 5.82 Å². The zero-order valence-corrected chi connectivity index (χ0v) is 10.9. The number of pyridine rings is 1. The minimum absolute atomic E-state index is 0.403. The Kier molecular flexibility index (Phi) is 4.76.